The molecule has 1 aromatic heterocycles. The van der Waals surface area contributed by atoms with E-state index in [-0.39, 0.29) is 11.8 Å². The molecular formula is C21H15Cl2N3O2S. The van der Waals surface area contributed by atoms with Gasteiger partial charge in [-0.25, -0.2) is 4.79 Å². The van der Waals surface area contributed by atoms with E-state index in [0.29, 0.717) is 39.1 Å². The smallest absolute Gasteiger partial charge is 0.331 e. The molecule has 0 spiro atoms. The Morgan fingerprint density at radius 2 is 1.86 bits per heavy atom. The first-order valence-corrected chi connectivity index (χ1v) is 10.4. The first kappa shape index (κ1) is 19.6. The minimum Gasteiger partial charge on any atom is -0.331 e. The summed E-state index contributed by atoms with van der Waals surface area (Å²) in [6.45, 7) is 0.389. The van der Waals surface area contributed by atoms with Crippen molar-refractivity contribution in [2.24, 2.45) is 5.10 Å². The van der Waals surface area contributed by atoms with Crippen LogP contribution in [-0.2, 0) is 6.42 Å². The summed E-state index contributed by atoms with van der Waals surface area (Å²) < 4.78 is 0. The number of halogens is 2. The molecule has 5 nitrogen and oxygen atoms in total. The number of nitrogens with one attached hydrogen (secondary N) is 1. The van der Waals surface area contributed by atoms with E-state index in [9.17, 15) is 9.59 Å². The number of thiophene rings is 1. The molecule has 0 fully saturated rings. The Hall–Kier alpha value is -2.67. The molecule has 1 aliphatic heterocycles. The van der Waals surface area contributed by atoms with Crippen molar-refractivity contribution < 1.29 is 9.59 Å². The number of urea groups is 1. The summed E-state index contributed by atoms with van der Waals surface area (Å²) in [5.74, 6) is 0.00679. The predicted octanol–water partition coefficient (Wildman–Crippen LogP) is 5.39. The number of amides is 2. The Balaban J connectivity index is 1.55. The molecule has 4 rings (SSSR count). The molecule has 0 atom stereocenters. The van der Waals surface area contributed by atoms with Crippen molar-refractivity contribution >= 4 is 58.3 Å². The molecule has 2 aromatic carbocycles. The first-order valence-electron chi connectivity index (χ1n) is 8.78. The van der Waals surface area contributed by atoms with Crippen LogP contribution >= 0.6 is 34.5 Å². The zero-order valence-corrected chi connectivity index (χ0v) is 17.4. The fraction of sp³-hybridized carbons (Fsp3) is 0.0952. The van der Waals surface area contributed by atoms with Crippen molar-refractivity contribution in [3.05, 3.63) is 85.5 Å². The first-order chi connectivity index (χ1) is 14.0. The largest absolute Gasteiger partial charge is 0.342 e. The molecule has 3 aromatic rings. The second kappa shape index (κ2) is 8.37. The summed E-state index contributed by atoms with van der Waals surface area (Å²) in [4.78, 5) is 25.1. The average molecular weight is 444 g/mol. The van der Waals surface area contributed by atoms with Gasteiger partial charge in [0.05, 0.1) is 17.1 Å². The van der Waals surface area contributed by atoms with Crippen LogP contribution in [0.5, 0.6) is 0 Å². The van der Waals surface area contributed by atoms with Crippen LogP contribution < -0.4 is 10.3 Å². The lowest BCUT2D eigenvalue weighted by molar-refractivity contribution is 0.104. The number of carbonyl (C=O) groups is 2. The van der Waals surface area contributed by atoms with Gasteiger partial charge in [-0.1, -0.05) is 53.5 Å². The second-order valence-electron chi connectivity index (χ2n) is 6.36. The van der Waals surface area contributed by atoms with Gasteiger partial charge in [-0.15, -0.1) is 11.3 Å². The van der Waals surface area contributed by atoms with E-state index >= 15 is 0 Å². The highest BCUT2D eigenvalue weighted by Crippen LogP contribution is 2.33. The van der Waals surface area contributed by atoms with E-state index in [2.05, 4.69) is 10.4 Å². The number of nitrogens with zero attached hydrogens (tertiary/aromatic N) is 2. The molecule has 8 heteroatoms. The van der Waals surface area contributed by atoms with Crippen molar-refractivity contribution in [1.82, 2.24) is 5.32 Å². The van der Waals surface area contributed by atoms with Crippen LogP contribution in [0.1, 0.15) is 26.4 Å². The molecule has 2 amide bonds. The van der Waals surface area contributed by atoms with Crippen LogP contribution in [0.15, 0.2) is 59.0 Å². The molecule has 0 saturated carbocycles. The Bertz CT molecular complexity index is 1070. The number of hydrogen-bond acceptors (Lipinski definition) is 4. The van der Waals surface area contributed by atoms with Crippen molar-refractivity contribution in [2.75, 3.05) is 11.6 Å². The summed E-state index contributed by atoms with van der Waals surface area (Å²) in [7, 11) is 0. The summed E-state index contributed by atoms with van der Waals surface area (Å²) in [6, 6.07) is 14.1. The Labute approximate surface area is 181 Å². The standard InChI is InChI=1S/C21H15Cl2N3O2S/c22-17-11-15(26-21(28)24-7-8-25-26)12-18(23)16(17)10-13-3-5-14(6-4-13)20(27)19-2-1-9-29-19/h1-6,8-9,11-12H,7,10H2,(H,24,28). The number of hydrazone groups is 1. The van der Waals surface area contributed by atoms with Crippen molar-refractivity contribution in [1.29, 1.82) is 0 Å². The lowest BCUT2D eigenvalue weighted by atomic mass is 10.0. The highest BCUT2D eigenvalue weighted by Gasteiger charge is 2.20. The Morgan fingerprint density at radius 1 is 1.14 bits per heavy atom. The summed E-state index contributed by atoms with van der Waals surface area (Å²) >= 11 is 14.3. The highest BCUT2D eigenvalue weighted by molar-refractivity contribution is 7.12. The molecule has 2 heterocycles. The summed E-state index contributed by atoms with van der Waals surface area (Å²) in [6.07, 6.45) is 2.09. The van der Waals surface area contributed by atoms with Crippen molar-refractivity contribution in [2.45, 2.75) is 6.42 Å². The SMILES string of the molecule is O=C(c1ccc(Cc2c(Cl)cc(N3N=CCNC3=O)cc2Cl)cc1)c1cccs1. The van der Waals surface area contributed by atoms with E-state index < -0.39 is 0 Å². The third-order valence-electron chi connectivity index (χ3n) is 4.45. The number of rotatable bonds is 5. The van der Waals surface area contributed by atoms with Crippen molar-refractivity contribution in [3.63, 3.8) is 0 Å². The van der Waals surface area contributed by atoms with E-state index in [1.54, 1.807) is 30.5 Å². The van der Waals surface area contributed by atoms with Crippen LogP contribution in [0.4, 0.5) is 10.5 Å². The van der Waals surface area contributed by atoms with Gasteiger partial charge < -0.3 is 5.32 Å². The number of hydrogen-bond donors (Lipinski definition) is 1. The van der Waals surface area contributed by atoms with Gasteiger partial charge in [0.1, 0.15) is 0 Å². The summed E-state index contributed by atoms with van der Waals surface area (Å²) in [5.41, 5.74) is 2.85. The average Bonchev–Trinajstić information content (AvgIpc) is 3.26. The number of carbonyl (C=O) groups excluding carboxylic acids is 2. The van der Waals surface area contributed by atoms with Gasteiger partial charge in [-0.05, 0) is 34.7 Å². The number of ketones is 1. The lowest BCUT2D eigenvalue weighted by Crippen LogP contribution is -2.41. The monoisotopic (exact) mass is 443 g/mol. The maximum Gasteiger partial charge on any atom is 0.342 e. The van der Waals surface area contributed by atoms with Gasteiger partial charge in [-0.3, -0.25) is 4.79 Å². The molecule has 146 valence electrons. The Morgan fingerprint density at radius 3 is 2.48 bits per heavy atom. The van der Waals surface area contributed by atoms with E-state index in [1.165, 1.54) is 16.3 Å². The Kier molecular flexibility index (Phi) is 5.67. The van der Waals surface area contributed by atoms with E-state index in [0.717, 1.165) is 11.1 Å². The minimum atomic E-state index is -0.335. The maximum atomic E-state index is 12.4. The van der Waals surface area contributed by atoms with E-state index in [1.807, 2.05) is 29.6 Å². The van der Waals surface area contributed by atoms with Crippen LogP contribution in [-0.4, -0.2) is 24.6 Å². The molecule has 0 saturated heterocycles. The molecule has 1 aliphatic rings. The zero-order valence-electron chi connectivity index (χ0n) is 15.1. The van der Waals surface area contributed by atoms with Crippen molar-refractivity contribution in [3.8, 4) is 0 Å². The third kappa shape index (κ3) is 4.19. The highest BCUT2D eigenvalue weighted by atomic mass is 35.5. The fourth-order valence-corrected chi connectivity index (χ4v) is 4.27. The lowest BCUT2D eigenvalue weighted by Gasteiger charge is -2.22. The van der Waals surface area contributed by atoms with Crippen LogP contribution in [0.25, 0.3) is 0 Å². The summed E-state index contributed by atoms with van der Waals surface area (Å²) in [5, 5.41) is 10.7. The van der Waals surface area contributed by atoms with Crippen LogP contribution in [0.3, 0.4) is 0 Å². The molecule has 0 bridgehead atoms. The predicted molar refractivity (Wildman–Crippen MR) is 118 cm³/mol. The zero-order chi connectivity index (χ0) is 20.4. The second-order valence-corrected chi connectivity index (χ2v) is 8.13. The van der Waals surface area contributed by atoms with Gasteiger partial charge in [0.2, 0.25) is 5.78 Å². The van der Waals surface area contributed by atoms with Gasteiger partial charge in [-0.2, -0.15) is 10.1 Å². The third-order valence-corrected chi connectivity index (χ3v) is 5.99. The molecule has 1 N–H and O–H groups in total. The van der Waals surface area contributed by atoms with Crippen LogP contribution in [0.2, 0.25) is 10.0 Å². The molecular weight excluding hydrogens is 429 g/mol. The van der Waals surface area contributed by atoms with Crippen LogP contribution in [0, 0.1) is 0 Å². The normalized spacial score (nSPS) is 13.4. The van der Waals surface area contributed by atoms with Gasteiger partial charge in [0.15, 0.2) is 0 Å². The maximum absolute atomic E-state index is 12.4. The number of benzene rings is 2. The fourth-order valence-electron chi connectivity index (χ4n) is 2.98. The molecule has 0 aliphatic carbocycles. The minimum absolute atomic E-state index is 0.00679. The van der Waals surface area contributed by atoms with Gasteiger partial charge in [0, 0.05) is 28.2 Å². The molecule has 29 heavy (non-hydrogen) atoms. The van der Waals surface area contributed by atoms with Gasteiger partial charge in [0.25, 0.3) is 0 Å². The number of anilines is 1. The quantitative estimate of drug-likeness (QED) is 0.537. The molecule has 0 unspecified atom stereocenters. The molecule has 0 radical (unpaired) electrons. The van der Waals surface area contributed by atoms with Gasteiger partial charge >= 0.3 is 6.03 Å². The topological polar surface area (TPSA) is 61.8 Å². The van der Waals surface area contributed by atoms with E-state index in [4.69, 9.17) is 23.2 Å².